The van der Waals surface area contributed by atoms with Crippen LogP contribution in [0, 0.1) is 0 Å². The number of aldehydes is 1. The Morgan fingerprint density at radius 2 is 1.81 bits per heavy atom. The molecule has 0 saturated carbocycles. The van der Waals surface area contributed by atoms with Gasteiger partial charge in [-0.1, -0.05) is 23.3 Å². The van der Waals surface area contributed by atoms with Crippen LogP contribution in [0.2, 0.25) is 5.02 Å². The van der Waals surface area contributed by atoms with Crippen LogP contribution in [0.4, 0.5) is 0 Å². The van der Waals surface area contributed by atoms with Crippen LogP contribution in [-0.2, 0) is 17.1 Å². The van der Waals surface area contributed by atoms with Crippen molar-refractivity contribution in [2.75, 3.05) is 5.84 Å². The molecule has 5 nitrogen and oxygen atoms in total. The maximum absolute atomic E-state index is 11.6. The summed E-state index contributed by atoms with van der Waals surface area (Å²) in [7, 11) is 0. The molecule has 0 saturated heterocycles. The number of carbonyl (C=O) groups is 1. The number of hydrogen-bond acceptors (Lipinski definition) is 5. The van der Waals surface area contributed by atoms with Crippen LogP contribution in [0.25, 0.3) is 22.5 Å². The number of nitrogens with two attached hydrogens (primary N) is 1. The van der Waals surface area contributed by atoms with E-state index in [0.29, 0.717) is 27.5 Å². The molecule has 0 aliphatic heterocycles. The Balaban J connectivity index is 0.000000379. The number of thiol groups is 1. The summed E-state index contributed by atoms with van der Waals surface area (Å²) in [4.78, 5) is 11.6. The number of aromatic nitrogens is 3. The minimum absolute atomic E-state index is 0. The van der Waals surface area contributed by atoms with E-state index in [1.165, 1.54) is 4.68 Å². The standard InChI is InChI=1S/C14H10ClN4OS.C5H5.Fe/c15-11-6-5-9(13-17-18-14(21)19(13)16)10(7-20)12(11)8-3-1-2-4-8;1-2-4-5-3-1;/h1-7H,16H2,(H,18,21);1-5H;/q2*-1;+2. The van der Waals surface area contributed by atoms with Gasteiger partial charge in [-0.05, 0) is 16.1 Å². The molecule has 3 aromatic carbocycles. The van der Waals surface area contributed by atoms with E-state index in [1.807, 2.05) is 54.6 Å². The Hall–Kier alpha value is -2.31. The van der Waals surface area contributed by atoms with E-state index in [1.54, 1.807) is 12.1 Å². The fourth-order valence-electron chi connectivity index (χ4n) is 2.53. The van der Waals surface area contributed by atoms with Crippen molar-refractivity contribution in [2.24, 2.45) is 0 Å². The average molecular weight is 439 g/mol. The van der Waals surface area contributed by atoms with Crippen molar-refractivity contribution in [3.63, 3.8) is 0 Å². The second-order valence-corrected chi connectivity index (χ2v) is 6.14. The first-order chi connectivity index (χ1) is 12.6. The van der Waals surface area contributed by atoms with Crippen molar-refractivity contribution in [3.05, 3.63) is 77.3 Å². The van der Waals surface area contributed by atoms with Gasteiger partial charge in [0.25, 0.3) is 0 Å². The third-order valence-electron chi connectivity index (χ3n) is 3.74. The van der Waals surface area contributed by atoms with E-state index in [2.05, 4.69) is 22.8 Å². The van der Waals surface area contributed by atoms with E-state index in [4.69, 9.17) is 17.4 Å². The first-order valence-corrected chi connectivity index (χ1v) is 8.52. The van der Waals surface area contributed by atoms with Gasteiger partial charge in [-0.2, -0.15) is 30.3 Å². The zero-order valence-corrected chi connectivity index (χ0v) is 16.7. The zero-order valence-electron chi connectivity index (χ0n) is 13.9. The fourth-order valence-corrected chi connectivity index (χ4v) is 2.95. The number of rotatable bonds is 3. The van der Waals surface area contributed by atoms with Crippen molar-refractivity contribution >= 4 is 30.5 Å². The average Bonchev–Trinajstić information content (AvgIpc) is 3.41. The molecule has 0 amide bonds. The minimum atomic E-state index is 0. The summed E-state index contributed by atoms with van der Waals surface area (Å²) in [5, 5.41) is 8.49. The predicted octanol–water partition coefficient (Wildman–Crippen LogP) is 4.20. The zero-order chi connectivity index (χ0) is 18.5. The summed E-state index contributed by atoms with van der Waals surface area (Å²) in [5.74, 6) is 6.18. The smallest absolute Gasteiger partial charge is 0.335 e. The quantitative estimate of drug-likeness (QED) is 0.165. The van der Waals surface area contributed by atoms with Gasteiger partial charge in [-0.25, -0.2) is 16.8 Å². The van der Waals surface area contributed by atoms with Crippen LogP contribution in [0.15, 0.2) is 71.9 Å². The number of nitrogens with zero attached hydrogens (tertiary/aromatic N) is 3. The fraction of sp³-hybridized carbons (Fsp3) is 0. The molecule has 1 aromatic heterocycles. The van der Waals surface area contributed by atoms with E-state index in [0.717, 1.165) is 11.8 Å². The number of carbonyl (C=O) groups excluding carboxylic acids is 1. The monoisotopic (exact) mass is 438 g/mol. The third kappa shape index (κ3) is 4.51. The molecule has 0 aliphatic carbocycles. The Morgan fingerprint density at radius 1 is 1.15 bits per heavy atom. The molecular formula is C19H15ClFeN4OS. The van der Waals surface area contributed by atoms with Gasteiger partial charge in [0.05, 0.1) is 0 Å². The van der Waals surface area contributed by atoms with Crippen LogP contribution in [-0.4, -0.2) is 21.2 Å². The van der Waals surface area contributed by atoms with E-state index in [9.17, 15) is 4.79 Å². The van der Waals surface area contributed by atoms with Crippen molar-refractivity contribution in [2.45, 2.75) is 5.16 Å². The Bertz CT molecular complexity index is 980. The normalized spacial score (nSPS) is 9.85. The molecule has 4 rings (SSSR count). The number of hydrogen-bond donors (Lipinski definition) is 2. The largest absolute Gasteiger partial charge is 2.00 e. The second-order valence-electron chi connectivity index (χ2n) is 5.33. The molecule has 0 radical (unpaired) electrons. The van der Waals surface area contributed by atoms with Gasteiger partial charge in [0, 0.05) is 0 Å². The van der Waals surface area contributed by atoms with Crippen molar-refractivity contribution < 1.29 is 21.9 Å². The van der Waals surface area contributed by atoms with Gasteiger partial charge in [0.1, 0.15) is 6.29 Å². The van der Waals surface area contributed by atoms with Gasteiger partial charge in [0.2, 0.25) is 5.16 Å². The van der Waals surface area contributed by atoms with Crippen molar-refractivity contribution in [3.8, 4) is 22.5 Å². The van der Waals surface area contributed by atoms with Gasteiger partial charge in [0.15, 0.2) is 5.82 Å². The Labute approximate surface area is 177 Å². The molecule has 0 bridgehead atoms. The summed E-state index contributed by atoms with van der Waals surface area (Å²) >= 11 is 10.3. The van der Waals surface area contributed by atoms with E-state index >= 15 is 0 Å². The number of nitrogen functional groups attached to an aromatic ring is 1. The first kappa shape index (κ1) is 21.0. The van der Waals surface area contributed by atoms with Crippen LogP contribution in [0.1, 0.15) is 10.4 Å². The van der Waals surface area contributed by atoms with E-state index in [-0.39, 0.29) is 22.2 Å². The third-order valence-corrected chi connectivity index (χ3v) is 4.36. The van der Waals surface area contributed by atoms with E-state index < -0.39 is 0 Å². The predicted molar refractivity (Wildman–Crippen MR) is 106 cm³/mol. The van der Waals surface area contributed by atoms with Gasteiger partial charge in [-0.15, -0.1) is 46.6 Å². The number of halogens is 1. The summed E-state index contributed by atoms with van der Waals surface area (Å²) in [6.45, 7) is 0. The number of benzene rings is 1. The Kier molecular flexibility index (Phi) is 7.45. The molecule has 0 unspecified atom stereocenters. The van der Waals surface area contributed by atoms with Gasteiger partial charge < -0.3 is 10.6 Å². The van der Waals surface area contributed by atoms with Gasteiger partial charge >= 0.3 is 17.1 Å². The molecule has 0 aliphatic rings. The molecule has 2 N–H and O–H groups in total. The molecule has 8 heteroatoms. The maximum Gasteiger partial charge on any atom is 2.00 e. The molecule has 1 heterocycles. The molecule has 0 atom stereocenters. The van der Waals surface area contributed by atoms with Crippen molar-refractivity contribution in [1.29, 1.82) is 0 Å². The van der Waals surface area contributed by atoms with Crippen LogP contribution < -0.4 is 5.84 Å². The summed E-state index contributed by atoms with van der Waals surface area (Å²) < 4.78 is 1.22. The van der Waals surface area contributed by atoms with Crippen LogP contribution >= 0.6 is 24.2 Å². The topological polar surface area (TPSA) is 73.8 Å². The maximum atomic E-state index is 11.6. The van der Waals surface area contributed by atoms with Crippen molar-refractivity contribution in [1.82, 2.24) is 14.9 Å². The van der Waals surface area contributed by atoms with Crippen LogP contribution in [0.5, 0.6) is 0 Å². The first-order valence-electron chi connectivity index (χ1n) is 7.69. The molecular weight excluding hydrogens is 424 g/mol. The SMILES string of the molecule is Nn1c(S)nnc1-c1ccc(Cl)c(-[c-]2cccc2)c1C=O.[Fe+2].c1cc[cH-]c1. The molecule has 0 spiro atoms. The molecule has 0 fully saturated rings. The Morgan fingerprint density at radius 3 is 2.30 bits per heavy atom. The molecule has 4 aromatic rings. The molecule has 27 heavy (non-hydrogen) atoms. The second kappa shape index (κ2) is 9.57. The molecule has 138 valence electrons. The van der Waals surface area contributed by atoms with Crippen LogP contribution in [0.3, 0.4) is 0 Å². The van der Waals surface area contributed by atoms with Gasteiger partial charge in [-0.3, -0.25) is 0 Å². The minimum Gasteiger partial charge on any atom is -0.335 e. The summed E-state index contributed by atoms with van der Waals surface area (Å²) in [6.07, 6.45) is 0.746. The summed E-state index contributed by atoms with van der Waals surface area (Å²) in [6, 6.07) is 20.9. The summed E-state index contributed by atoms with van der Waals surface area (Å²) in [5.41, 5.74) is 2.48.